The molecule has 2 aromatic carbocycles. The summed E-state index contributed by atoms with van der Waals surface area (Å²) in [5.74, 6) is -0.339. The summed E-state index contributed by atoms with van der Waals surface area (Å²) in [4.78, 5) is 11.6. The molecule has 2 aromatic rings. The van der Waals surface area contributed by atoms with E-state index in [1.165, 1.54) is 11.3 Å². The van der Waals surface area contributed by atoms with Gasteiger partial charge in [0.05, 0.1) is 5.56 Å². The van der Waals surface area contributed by atoms with Gasteiger partial charge in [-0.15, -0.1) is 0 Å². The fraction of sp³-hybridized carbons (Fsp3) is 0.350. The lowest BCUT2D eigenvalue weighted by molar-refractivity contribution is 0.0695. The Morgan fingerprint density at radius 1 is 1.21 bits per heavy atom. The number of nitrogens with one attached hydrogen (secondary N) is 2. The largest absolute Gasteiger partial charge is 0.478 e. The molecule has 0 aromatic heterocycles. The maximum Gasteiger partial charge on any atom is 0.335 e. The Labute approximate surface area is 141 Å². The van der Waals surface area contributed by atoms with Crippen molar-refractivity contribution in [1.29, 1.82) is 0 Å². The second-order valence-electron chi connectivity index (χ2n) is 6.82. The van der Waals surface area contributed by atoms with Crippen LogP contribution >= 0.6 is 0 Å². The summed E-state index contributed by atoms with van der Waals surface area (Å²) < 4.78 is 0. The van der Waals surface area contributed by atoms with E-state index in [1.54, 1.807) is 6.07 Å². The number of hydrogen-bond acceptors (Lipinski definition) is 3. The third-order valence-electron chi connectivity index (χ3n) is 5.48. The number of carboxylic acid groups (broad SMARTS) is 1. The summed E-state index contributed by atoms with van der Waals surface area (Å²) in [6, 6.07) is 14.6. The van der Waals surface area contributed by atoms with Crippen LogP contribution in [0.25, 0.3) is 0 Å². The number of rotatable bonds is 3. The molecule has 0 aliphatic carbocycles. The Balaban J connectivity index is 1.64. The van der Waals surface area contributed by atoms with Gasteiger partial charge in [-0.05, 0) is 55.1 Å². The minimum absolute atomic E-state index is 0.232. The Morgan fingerprint density at radius 2 is 2.04 bits per heavy atom. The molecule has 24 heavy (non-hydrogen) atoms. The Bertz CT molecular complexity index is 787. The van der Waals surface area contributed by atoms with Crippen molar-refractivity contribution in [1.82, 2.24) is 5.32 Å². The molecule has 124 valence electrons. The predicted molar refractivity (Wildman–Crippen MR) is 94.8 cm³/mol. The first-order chi connectivity index (χ1) is 11.6. The summed E-state index contributed by atoms with van der Waals surface area (Å²) >= 11 is 0. The van der Waals surface area contributed by atoms with Crippen molar-refractivity contribution in [2.75, 3.05) is 11.9 Å². The lowest BCUT2D eigenvalue weighted by Gasteiger charge is -2.35. The average molecular weight is 322 g/mol. The molecule has 2 aliphatic heterocycles. The Morgan fingerprint density at radius 3 is 2.88 bits per heavy atom. The molecule has 3 atom stereocenters. The number of piperidine rings is 1. The van der Waals surface area contributed by atoms with Crippen molar-refractivity contribution in [3.63, 3.8) is 0 Å². The van der Waals surface area contributed by atoms with Gasteiger partial charge in [0.15, 0.2) is 0 Å². The first-order valence-corrected chi connectivity index (χ1v) is 8.56. The molecule has 4 heteroatoms. The van der Waals surface area contributed by atoms with Crippen molar-refractivity contribution in [2.45, 2.75) is 37.8 Å². The third-order valence-corrected chi connectivity index (χ3v) is 5.48. The molecular weight excluding hydrogens is 300 g/mol. The summed E-state index contributed by atoms with van der Waals surface area (Å²) in [6.07, 6.45) is 1.85. The van der Waals surface area contributed by atoms with Crippen molar-refractivity contribution in [3.8, 4) is 0 Å². The number of para-hydroxylation sites is 1. The molecule has 0 spiro atoms. The molecule has 0 amide bonds. The topological polar surface area (TPSA) is 61.4 Å². The molecule has 0 unspecified atom stereocenters. The van der Waals surface area contributed by atoms with Gasteiger partial charge in [-0.2, -0.15) is 0 Å². The highest BCUT2D eigenvalue weighted by molar-refractivity contribution is 5.89. The van der Waals surface area contributed by atoms with Gasteiger partial charge in [-0.25, -0.2) is 4.79 Å². The van der Waals surface area contributed by atoms with Crippen molar-refractivity contribution < 1.29 is 9.90 Å². The number of hydrogen-bond donors (Lipinski definition) is 3. The normalized spacial score (nSPS) is 24.8. The average Bonchev–Trinajstić information content (AvgIpc) is 2.96. The van der Waals surface area contributed by atoms with Crippen LogP contribution in [-0.2, 0) is 6.42 Å². The monoisotopic (exact) mass is 322 g/mol. The van der Waals surface area contributed by atoms with E-state index in [2.05, 4.69) is 34.9 Å². The van der Waals surface area contributed by atoms with Gasteiger partial charge in [-0.3, -0.25) is 0 Å². The second kappa shape index (κ2) is 5.95. The molecule has 3 N–H and O–H groups in total. The smallest absolute Gasteiger partial charge is 0.335 e. The molecule has 4 rings (SSSR count). The van der Waals surface area contributed by atoms with Crippen LogP contribution in [0.3, 0.4) is 0 Å². The second-order valence-corrected chi connectivity index (χ2v) is 6.82. The highest BCUT2D eigenvalue weighted by Gasteiger charge is 2.39. The van der Waals surface area contributed by atoms with Crippen LogP contribution in [0.4, 0.5) is 5.69 Å². The number of aryl methyl sites for hydroxylation is 1. The van der Waals surface area contributed by atoms with Gasteiger partial charge in [0.25, 0.3) is 0 Å². The van der Waals surface area contributed by atoms with E-state index in [4.69, 9.17) is 0 Å². The minimum atomic E-state index is -0.844. The predicted octanol–water partition coefficient (Wildman–Crippen LogP) is 3.18. The van der Waals surface area contributed by atoms with E-state index in [0.29, 0.717) is 17.5 Å². The van der Waals surface area contributed by atoms with Crippen LogP contribution in [-0.4, -0.2) is 29.7 Å². The van der Waals surface area contributed by atoms with Gasteiger partial charge in [0.1, 0.15) is 0 Å². The van der Waals surface area contributed by atoms with Crippen molar-refractivity contribution >= 4 is 11.7 Å². The highest BCUT2D eigenvalue weighted by Crippen LogP contribution is 2.41. The maximum atomic E-state index is 11.6. The van der Waals surface area contributed by atoms with Crippen molar-refractivity contribution in [2.24, 2.45) is 0 Å². The zero-order valence-corrected chi connectivity index (χ0v) is 13.8. The van der Waals surface area contributed by atoms with Crippen LogP contribution in [0.2, 0.25) is 0 Å². The molecule has 4 nitrogen and oxygen atoms in total. The van der Waals surface area contributed by atoms with Crippen LogP contribution in [0.5, 0.6) is 0 Å². The number of fused-ring (bicyclic) bond motifs is 3. The van der Waals surface area contributed by atoms with Gasteiger partial charge in [0.2, 0.25) is 0 Å². The molecule has 2 aliphatic rings. The zero-order valence-electron chi connectivity index (χ0n) is 13.8. The van der Waals surface area contributed by atoms with Crippen LogP contribution < -0.4 is 10.6 Å². The number of aromatic carboxylic acids is 1. The molecule has 0 bridgehead atoms. The summed E-state index contributed by atoms with van der Waals surface area (Å²) in [5.41, 5.74) is 5.05. The Kier molecular flexibility index (Phi) is 3.77. The summed E-state index contributed by atoms with van der Waals surface area (Å²) in [6.45, 7) is 2.97. The SMILES string of the molecule is Cc1cccc(C(=O)O)c1C[C@@H]1NCC[C@H]2c3ccccc3N[C@@H]12. The molecule has 0 radical (unpaired) electrons. The fourth-order valence-corrected chi connectivity index (χ4v) is 4.29. The van der Waals surface area contributed by atoms with Crippen LogP contribution in [0.15, 0.2) is 42.5 Å². The van der Waals surface area contributed by atoms with Gasteiger partial charge < -0.3 is 15.7 Å². The van der Waals surface area contributed by atoms with Gasteiger partial charge in [-0.1, -0.05) is 30.3 Å². The number of carbonyl (C=O) groups is 1. The first-order valence-electron chi connectivity index (χ1n) is 8.56. The van der Waals surface area contributed by atoms with Crippen LogP contribution in [0.1, 0.15) is 39.4 Å². The third kappa shape index (κ3) is 2.47. The zero-order chi connectivity index (χ0) is 16.7. The molecule has 2 heterocycles. The molecular formula is C20H22N2O2. The van der Waals surface area contributed by atoms with E-state index in [9.17, 15) is 9.90 Å². The number of benzene rings is 2. The molecule has 1 fully saturated rings. The van der Waals surface area contributed by atoms with E-state index in [1.807, 2.05) is 19.1 Å². The maximum absolute atomic E-state index is 11.6. The standard InChI is InChI=1S/C20H22N2O2/c1-12-5-4-7-15(20(23)24)16(12)11-18-19-14(9-10-21-18)13-6-2-3-8-17(13)22-19/h2-8,14,18-19,21-22H,9-11H2,1H3,(H,23,24)/t14-,18-,19+/m0/s1. The van der Waals surface area contributed by atoms with Gasteiger partial charge in [0, 0.05) is 23.7 Å². The van der Waals surface area contributed by atoms with E-state index < -0.39 is 5.97 Å². The summed E-state index contributed by atoms with van der Waals surface area (Å²) in [5, 5.41) is 16.8. The quantitative estimate of drug-likeness (QED) is 0.812. The first kappa shape index (κ1) is 15.2. The summed E-state index contributed by atoms with van der Waals surface area (Å²) in [7, 11) is 0. The van der Waals surface area contributed by atoms with Crippen molar-refractivity contribution in [3.05, 3.63) is 64.7 Å². The molecule has 0 saturated carbocycles. The van der Waals surface area contributed by atoms with E-state index >= 15 is 0 Å². The Hall–Kier alpha value is -2.33. The lowest BCUT2D eigenvalue weighted by atomic mass is 9.81. The fourth-order valence-electron chi connectivity index (χ4n) is 4.29. The lowest BCUT2D eigenvalue weighted by Crippen LogP contribution is -2.51. The van der Waals surface area contributed by atoms with E-state index in [-0.39, 0.29) is 6.04 Å². The number of carboxylic acids is 1. The minimum Gasteiger partial charge on any atom is -0.478 e. The molecule has 1 saturated heterocycles. The van der Waals surface area contributed by atoms with Crippen LogP contribution in [0, 0.1) is 6.92 Å². The highest BCUT2D eigenvalue weighted by atomic mass is 16.4. The van der Waals surface area contributed by atoms with Gasteiger partial charge >= 0.3 is 5.97 Å². The number of anilines is 1. The van der Waals surface area contributed by atoms with E-state index in [0.717, 1.165) is 30.5 Å².